The molecule has 0 amide bonds. The van der Waals surface area contributed by atoms with Crippen molar-refractivity contribution in [2.24, 2.45) is 0 Å². The Morgan fingerprint density at radius 3 is 2.36 bits per heavy atom. The van der Waals surface area contributed by atoms with Crippen LogP contribution >= 0.6 is 11.6 Å². The molecule has 0 saturated heterocycles. The van der Waals surface area contributed by atoms with Crippen LogP contribution in [0.4, 0.5) is 13.2 Å². The zero-order chi connectivity index (χ0) is 15.9. The van der Waals surface area contributed by atoms with Crippen molar-refractivity contribution in [2.75, 3.05) is 0 Å². The standard InChI is InChI=1S/C15H8ClF3N2O/c16-11-4-1-9(2-5-11)14-12(8-22)21-7-10(15(17,18)19)3-6-13(21)20-14/h1-8H. The fraction of sp³-hybridized carbons (Fsp3) is 0.0667. The van der Waals surface area contributed by atoms with Crippen molar-refractivity contribution in [3.63, 3.8) is 0 Å². The van der Waals surface area contributed by atoms with Crippen LogP contribution in [0.2, 0.25) is 5.02 Å². The first-order valence-corrected chi connectivity index (χ1v) is 6.58. The molecule has 0 aliphatic carbocycles. The van der Waals surface area contributed by atoms with E-state index in [1.54, 1.807) is 24.3 Å². The number of hydrogen-bond acceptors (Lipinski definition) is 2. The zero-order valence-electron chi connectivity index (χ0n) is 10.9. The third-order valence-corrected chi connectivity index (χ3v) is 3.46. The van der Waals surface area contributed by atoms with Gasteiger partial charge in [0.25, 0.3) is 0 Å². The first kappa shape index (κ1) is 14.6. The summed E-state index contributed by atoms with van der Waals surface area (Å²) in [6, 6.07) is 8.72. The summed E-state index contributed by atoms with van der Waals surface area (Å²) in [7, 11) is 0. The predicted octanol–water partition coefficient (Wildman–Crippen LogP) is 4.49. The molecule has 3 aromatic rings. The number of imidazole rings is 1. The molecule has 0 fully saturated rings. The summed E-state index contributed by atoms with van der Waals surface area (Å²) in [6.45, 7) is 0. The Labute approximate surface area is 128 Å². The van der Waals surface area contributed by atoms with E-state index >= 15 is 0 Å². The maximum atomic E-state index is 12.8. The number of nitrogens with zero attached hydrogens (tertiary/aromatic N) is 2. The highest BCUT2D eigenvalue weighted by molar-refractivity contribution is 6.30. The van der Waals surface area contributed by atoms with Gasteiger partial charge in [-0.2, -0.15) is 13.2 Å². The first-order valence-electron chi connectivity index (χ1n) is 6.20. The summed E-state index contributed by atoms with van der Waals surface area (Å²) in [5.74, 6) is 0. The van der Waals surface area contributed by atoms with Gasteiger partial charge in [-0.3, -0.25) is 9.20 Å². The van der Waals surface area contributed by atoms with Gasteiger partial charge in [-0.15, -0.1) is 0 Å². The predicted molar refractivity (Wildman–Crippen MR) is 76.0 cm³/mol. The van der Waals surface area contributed by atoms with Gasteiger partial charge in [0, 0.05) is 16.8 Å². The maximum absolute atomic E-state index is 12.8. The van der Waals surface area contributed by atoms with Gasteiger partial charge in [-0.05, 0) is 24.3 Å². The van der Waals surface area contributed by atoms with E-state index in [0.29, 0.717) is 22.6 Å². The molecule has 0 unspecified atom stereocenters. The average molecular weight is 325 g/mol. The Bertz CT molecular complexity index is 854. The molecular weight excluding hydrogens is 317 g/mol. The van der Waals surface area contributed by atoms with Crippen LogP contribution in [0.5, 0.6) is 0 Å². The molecule has 0 radical (unpaired) electrons. The van der Waals surface area contributed by atoms with Gasteiger partial charge >= 0.3 is 6.18 Å². The lowest BCUT2D eigenvalue weighted by Gasteiger charge is -2.06. The molecule has 1 aromatic carbocycles. The van der Waals surface area contributed by atoms with Crippen molar-refractivity contribution in [1.82, 2.24) is 9.38 Å². The Morgan fingerprint density at radius 1 is 1.09 bits per heavy atom. The summed E-state index contributed by atoms with van der Waals surface area (Å²) in [5.41, 5.74) is 0.390. The lowest BCUT2D eigenvalue weighted by Crippen LogP contribution is -2.06. The number of aldehydes is 1. The Balaban J connectivity index is 2.24. The number of benzene rings is 1. The van der Waals surface area contributed by atoms with Gasteiger partial charge in [-0.25, -0.2) is 4.98 Å². The molecule has 3 rings (SSSR count). The van der Waals surface area contributed by atoms with Crippen molar-refractivity contribution >= 4 is 23.5 Å². The second-order valence-electron chi connectivity index (χ2n) is 4.61. The summed E-state index contributed by atoms with van der Waals surface area (Å²) in [5, 5.41) is 0.513. The molecule has 2 aromatic heterocycles. The highest BCUT2D eigenvalue weighted by Crippen LogP contribution is 2.31. The Hall–Kier alpha value is -2.34. The first-order chi connectivity index (χ1) is 10.4. The van der Waals surface area contributed by atoms with Gasteiger partial charge in [0.05, 0.1) is 5.56 Å². The number of alkyl halides is 3. The van der Waals surface area contributed by atoms with Crippen LogP contribution < -0.4 is 0 Å². The molecule has 3 nitrogen and oxygen atoms in total. The van der Waals surface area contributed by atoms with Gasteiger partial charge < -0.3 is 0 Å². The minimum Gasteiger partial charge on any atom is -0.296 e. The van der Waals surface area contributed by atoms with Crippen LogP contribution in [0.25, 0.3) is 16.9 Å². The van der Waals surface area contributed by atoms with E-state index in [-0.39, 0.29) is 11.3 Å². The lowest BCUT2D eigenvalue weighted by atomic mass is 10.1. The SMILES string of the molecule is O=Cc1c(-c2ccc(Cl)cc2)nc2ccc(C(F)(F)F)cn12. The normalized spacial score (nSPS) is 11.8. The molecule has 0 saturated carbocycles. The van der Waals surface area contributed by atoms with E-state index in [0.717, 1.165) is 16.7 Å². The van der Waals surface area contributed by atoms with Crippen LogP contribution in [0.15, 0.2) is 42.6 Å². The summed E-state index contributed by atoms with van der Waals surface area (Å²) < 4.78 is 39.5. The van der Waals surface area contributed by atoms with Gasteiger partial charge in [-0.1, -0.05) is 23.7 Å². The number of aromatic nitrogens is 2. The number of carbonyl (C=O) groups excluding carboxylic acids is 1. The number of halogens is 4. The quantitative estimate of drug-likeness (QED) is 0.651. The maximum Gasteiger partial charge on any atom is 0.417 e. The molecule has 0 aliphatic heterocycles. The van der Waals surface area contributed by atoms with E-state index in [1.165, 1.54) is 6.07 Å². The van der Waals surface area contributed by atoms with E-state index in [9.17, 15) is 18.0 Å². The number of rotatable bonds is 2. The van der Waals surface area contributed by atoms with Crippen molar-refractivity contribution in [3.05, 3.63) is 58.9 Å². The van der Waals surface area contributed by atoms with Crippen molar-refractivity contribution in [1.29, 1.82) is 0 Å². The molecule has 112 valence electrons. The second kappa shape index (κ2) is 5.14. The van der Waals surface area contributed by atoms with Crippen LogP contribution in [0, 0.1) is 0 Å². The summed E-state index contributed by atoms with van der Waals surface area (Å²) in [4.78, 5) is 15.6. The average Bonchev–Trinajstić information content (AvgIpc) is 2.84. The van der Waals surface area contributed by atoms with E-state index < -0.39 is 11.7 Å². The Morgan fingerprint density at radius 2 is 1.77 bits per heavy atom. The Kier molecular flexibility index (Phi) is 3.41. The molecule has 0 N–H and O–H groups in total. The zero-order valence-corrected chi connectivity index (χ0v) is 11.7. The van der Waals surface area contributed by atoms with Gasteiger partial charge in [0.15, 0.2) is 6.29 Å². The number of pyridine rings is 1. The molecule has 7 heteroatoms. The van der Waals surface area contributed by atoms with Crippen molar-refractivity contribution in [2.45, 2.75) is 6.18 Å². The molecule has 0 bridgehead atoms. The molecule has 0 spiro atoms. The monoisotopic (exact) mass is 324 g/mol. The van der Waals surface area contributed by atoms with Crippen LogP contribution in [0.1, 0.15) is 16.1 Å². The number of fused-ring (bicyclic) bond motifs is 1. The van der Waals surface area contributed by atoms with E-state index in [2.05, 4.69) is 4.98 Å². The topological polar surface area (TPSA) is 34.4 Å². The fourth-order valence-corrected chi connectivity index (χ4v) is 2.29. The number of carbonyl (C=O) groups is 1. The van der Waals surface area contributed by atoms with Crippen LogP contribution in [-0.4, -0.2) is 15.7 Å². The minimum absolute atomic E-state index is 0.0587. The second-order valence-corrected chi connectivity index (χ2v) is 5.05. The van der Waals surface area contributed by atoms with E-state index in [1.807, 2.05) is 0 Å². The summed E-state index contributed by atoms with van der Waals surface area (Å²) in [6.07, 6.45) is -3.13. The van der Waals surface area contributed by atoms with Crippen LogP contribution in [-0.2, 0) is 6.18 Å². The smallest absolute Gasteiger partial charge is 0.296 e. The third-order valence-electron chi connectivity index (χ3n) is 3.21. The summed E-state index contributed by atoms with van der Waals surface area (Å²) >= 11 is 5.80. The lowest BCUT2D eigenvalue weighted by molar-refractivity contribution is -0.137. The van der Waals surface area contributed by atoms with E-state index in [4.69, 9.17) is 11.6 Å². The highest BCUT2D eigenvalue weighted by atomic mass is 35.5. The van der Waals surface area contributed by atoms with Gasteiger partial charge in [0.2, 0.25) is 0 Å². The van der Waals surface area contributed by atoms with Crippen LogP contribution in [0.3, 0.4) is 0 Å². The fourth-order valence-electron chi connectivity index (χ4n) is 2.16. The molecule has 0 atom stereocenters. The molecular formula is C15H8ClF3N2O. The molecule has 0 aliphatic rings. The van der Waals surface area contributed by atoms with Gasteiger partial charge in [0.1, 0.15) is 17.0 Å². The minimum atomic E-state index is -4.49. The highest BCUT2D eigenvalue weighted by Gasteiger charge is 2.31. The van der Waals surface area contributed by atoms with Crippen molar-refractivity contribution in [3.8, 4) is 11.3 Å². The molecule has 22 heavy (non-hydrogen) atoms. The van der Waals surface area contributed by atoms with Crippen molar-refractivity contribution < 1.29 is 18.0 Å². The largest absolute Gasteiger partial charge is 0.417 e. The third kappa shape index (κ3) is 2.46. The number of hydrogen-bond donors (Lipinski definition) is 0. The molecule has 2 heterocycles.